The Hall–Kier alpha value is -6.42. The fraction of sp³-hybridized carbons (Fsp3) is 0.320. The summed E-state index contributed by atoms with van der Waals surface area (Å²) in [5, 5.41) is 0. The third kappa shape index (κ3) is 11.4. The fourth-order valence-corrected chi connectivity index (χ4v) is 6.24. The molecule has 0 fully saturated rings. The molecule has 0 aliphatic heterocycles. The van der Waals surface area contributed by atoms with Crippen LogP contribution in [0.15, 0.2) is 121 Å². The lowest BCUT2D eigenvalue weighted by Crippen LogP contribution is -2.32. The van der Waals surface area contributed by atoms with Gasteiger partial charge in [-0.25, -0.2) is 14.4 Å². The summed E-state index contributed by atoms with van der Waals surface area (Å²) < 4.78 is 35.1. The number of ether oxygens (including phenoxy) is 6. The maximum absolute atomic E-state index is 13.4. The van der Waals surface area contributed by atoms with Gasteiger partial charge in [0.15, 0.2) is 0 Å². The van der Waals surface area contributed by atoms with Crippen molar-refractivity contribution in [1.29, 1.82) is 0 Å². The van der Waals surface area contributed by atoms with E-state index in [2.05, 4.69) is 0 Å². The highest BCUT2D eigenvalue weighted by atomic mass is 16.7. The summed E-state index contributed by atoms with van der Waals surface area (Å²) >= 11 is 0. The molecule has 60 heavy (non-hydrogen) atoms. The van der Waals surface area contributed by atoms with Crippen molar-refractivity contribution in [2.75, 3.05) is 0 Å². The Morgan fingerprint density at radius 1 is 0.533 bits per heavy atom. The summed E-state index contributed by atoms with van der Waals surface area (Å²) in [6.07, 6.45) is -1.03. The van der Waals surface area contributed by atoms with E-state index in [1.165, 1.54) is 30.3 Å². The van der Waals surface area contributed by atoms with Gasteiger partial charge in [-0.2, -0.15) is 0 Å². The third-order valence-electron chi connectivity index (χ3n) is 10.2. The smallest absolute Gasteiger partial charge is 0.490 e. The van der Waals surface area contributed by atoms with Gasteiger partial charge in [-0.1, -0.05) is 109 Å². The maximum Gasteiger partial charge on any atom is 0.519 e. The molecule has 0 spiro atoms. The Morgan fingerprint density at radius 2 is 1.05 bits per heavy atom. The molecule has 10 heteroatoms. The molecule has 3 unspecified atom stereocenters. The van der Waals surface area contributed by atoms with Gasteiger partial charge >= 0.3 is 24.1 Å². The summed E-state index contributed by atoms with van der Waals surface area (Å²) in [4.78, 5) is 52.9. The van der Waals surface area contributed by atoms with Crippen LogP contribution in [0.5, 0.6) is 28.7 Å². The predicted molar refractivity (Wildman–Crippen MR) is 229 cm³/mol. The van der Waals surface area contributed by atoms with Crippen LogP contribution in [-0.2, 0) is 26.0 Å². The summed E-state index contributed by atoms with van der Waals surface area (Å²) in [5.74, 6) is -0.888. The minimum absolute atomic E-state index is 0.0703. The molecule has 314 valence electrons. The Morgan fingerprint density at radius 3 is 1.65 bits per heavy atom. The molecule has 0 amide bonds. The van der Waals surface area contributed by atoms with Crippen LogP contribution in [0.1, 0.15) is 113 Å². The number of carbonyl (C=O) groups excluding carboxylic acids is 4. The Kier molecular flexibility index (Phi) is 13.9. The van der Waals surface area contributed by atoms with E-state index in [4.69, 9.17) is 28.4 Å². The van der Waals surface area contributed by atoms with Crippen LogP contribution in [0.25, 0.3) is 0 Å². The monoisotopic (exact) mass is 814 g/mol. The van der Waals surface area contributed by atoms with Crippen LogP contribution >= 0.6 is 0 Å². The zero-order valence-corrected chi connectivity index (χ0v) is 36.0. The second-order valence-electron chi connectivity index (χ2n) is 16.9. The molecule has 0 aromatic heterocycles. The van der Waals surface area contributed by atoms with Crippen molar-refractivity contribution < 1.29 is 47.6 Å². The Labute approximate surface area is 352 Å². The van der Waals surface area contributed by atoms with Gasteiger partial charge in [0.25, 0.3) is 0 Å². The highest BCUT2D eigenvalue weighted by molar-refractivity contribution is 5.96. The van der Waals surface area contributed by atoms with E-state index in [-0.39, 0.29) is 28.4 Å². The van der Waals surface area contributed by atoms with Crippen molar-refractivity contribution in [1.82, 2.24) is 0 Å². The van der Waals surface area contributed by atoms with Crippen LogP contribution < -0.4 is 23.7 Å². The molecule has 10 nitrogen and oxygen atoms in total. The van der Waals surface area contributed by atoms with Gasteiger partial charge in [-0.15, -0.1) is 0 Å². The quantitative estimate of drug-likeness (QED) is 0.0644. The molecule has 3 atom stereocenters. The predicted octanol–water partition coefficient (Wildman–Crippen LogP) is 11.6. The Bertz CT molecular complexity index is 2300. The number of rotatable bonds is 13. The normalized spacial score (nSPS) is 13.5. The zero-order chi connectivity index (χ0) is 43.8. The molecule has 0 radical (unpaired) electrons. The van der Waals surface area contributed by atoms with E-state index >= 15 is 0 Å². The van der Waals surface area contributed by atoms with E-state index in [0.717, 1.165) is 11.1 Å². The van der Waals surface area contributed by atoms with Gasteiger partial charge < -0.3 is 28.4 Å². The molecular weight excluding hydrogens is 761 g/mol. The van der Waals surface area contributed by atoms with E-state index in [0.29, 0.717) is 23.5 Å². The van der Waals surface area contributed by atoms with E-state index < -0.39 is 52.5 Å². The number of esters is 3. The van der Waals surface area contributed by atoms with E-state index in [1.807, 2.05) is 105 Å². The third-order valence-corrected chi connectivity index (χ3v) is 10.2. The fourth-order valence-electron chi connectivity index (χ4n) is 6.24. The molecular formula is C50H54O10. The molecule has 5 aromatic carbocycles. The second kappa shape index (κ2) is 18.7. The molecule has 0 saturated carbocycles. The Balaban J connectivity index is 1.29. The summed E-state index contributed by atoms with van der Waals surface area (Å²) in [6, 6.07) is 34.1. The SMILES string of the molecule is CCC(C)(OC(=O)c1cccc(C(=O)Oc2cccc(OC(=O)Oc3cc(C(C)(C)C)c(OC(C)C(C)C(=O)Oc4ccccc4)cc3C(C)(C)C)c2)c1)c1ccccc1. The number of hydrogen-bond donors (Lipinski definition) is 0. The molecule has 0 bridgehead atoms. The van der Waals surface area contributed by atoms with Gasteiger partial charge in [0.2, 0.25) is 0 Å². The first-order valence-corrected chi connectivity index (χ1v) is 20.0. The first kappa shape index (κ1) is 44.7. The van der Waals surface area contributed by atoms with Gasteiger partial charge in [0.05, 0.1) is 17.0 Å². The average molecular weight is 815 g/mol. The van der Waals surface area contributed by atoms with Crippen molar-refractivity contribution in [2.45, 2.75) is 98.2 Å². The summed E-state index contributed by atoms with van der Waals surface area (Å²) in [6.45, 7) is 19.3. The van der Waals surface area contributed by atoms with Crippen LogP contribution in [0, 0.1) is 5.92 Å². The van der Waals surface area contributed by atoms with Crippen LogP contribution in [-0.4, -0.2) is 30.2 Å². The van der Waals surface area contributed by atoms with Crippen molar-refractivity contribution in [2.24, 2.45) is 5.92 Å². The summed E-state index contributed by atoms with van der Waals surface area (Å²) in [7, 11) is 0. The molecule has 0 aliphatic carbocycles. The van der Waals surface area contributed by atoms with Gasteiger partial charge in [0, 0.05) is 17.2 Å². The van der Waals surface area contributed by atoms with Gasteiger partial charge in [0.1, 0.15) is 40.5 Å². The topological polar surface area (TPSA) is 124 Å². The van der Waals surface area contributed by atoms with Crippen LogP contribution in [0.2, 0.25) is 0 Å². The van der Waals surface area contributed by atoms with E-state index in [9.17, 15) is 19.2 Å². The van der Waals surface area contributed by atoms with Crippen molar-refractivity contribution in [3.8, 4) is 28.7 Å². The molecule has 0 aliphatic rings. The molecule has 0 N–H and O–H groups in total. The van der Waals surface area contributed by atoms with Gasteiger partial charge in [-0.3, -0.25) is 4.79 Å². The number of carbonyl (C=O) groups is 4. The highest BCUT2D eigenvalue weighted by Crippen LogP contribution is 2.42. The lowest BCUT2D eigenvalue weighted by molar-refractivity contribution is -0.141. The maximum atomic E-state index is 13.4. The van der Waals surface area contributed by atoms with Crippen LogP contribution in [0.4, 0.5) is 4.79 Å². The number of hydrogen-bond acceptors (Lipinski definition) is 10. The van der Waals surface area contributed by atoms with Crippen LogP contribution in [0.3, 0.4) is 0 Å². The van der Waals surface area contributed by atoms with E-state index in [1.54, 1.807) is 55.5 Å². The standard InChI is InChI=1S/C50H54O10/c1-11-50(10,36-22-14-12-15-23-36)60-46(53)35-21-18-20-34(28-35)45(52)57-38-26-19-27-39(29-38)58-47(54)59-43-31-40(48(4,5)6)42(30-41(43)49(7,8)9)55-33(3)32(2)44(51)56-37-24-16-13-17-25-37/h12-33H,11H2,1-10H3. The van der Waals surface area contributed by atoms with Crippen molar-refractivity contribution >= 4 is 24.1 Å². The molecule has 0 saturated heterocycles. The van der Waals surface area contributed by atoms with Gasteiger partial charge in [-0.05, 0) is 98.2 Å². The minimum Gasteiger partial charge on any atom is -0.490 e. The largest absolute Gasteiger partial charge is 0.519 e. The number of para-hydroxylation sites is 1. The van der Waals surface area contributed by atoms with Crippen molar-refractivity contribution in [3.63, 3.8) is 0 Å². The lowest BCUT2D eigenvalue weighted by Gasteiger charge is -2.30. The second-order valence-corrected chi connectivity index (χ2v) is 16.9. The highest BCUT2D eigenvalue weighted by Gasteiger charge is 2.32. The minimum atomic E-state index is -1.01. The first-order valence-electron chi connectivity index (χ1n) is 20.0. The molecule has 0 heterocycles. The zero-order valence-electron chi connectivity index (χ0n) is 36.0. The molecule has 5 rings (SSSR count). The van der Waals surface area contributed by atoms with Crippen molar-refractivity contribution in [3.05, 3.63) is 149 Å². The summed E-state index contributed by atoms with van der Waals surface area (Å²) in [5.41, 5.74) is 0.755. The number of benzene rings is 5. The average Bonchev–Trinajstić information content (AvgIpc) is 3.20. The lowest BCUT2D eigenvalue weighted by atomic mass is 9.80. The first-order chi connectivity index (χ1) is 28.3. The molecule has 5 aromatic rings.